The Kier molecular flexibility index (Phi) is 5.23. The minimum absolute atomic E-state index is 0.0858. The lowest BCUT2D eigenvalue weighted by Crippen LogP contribution is -2.28. The Balaban J connectivity index is 1.51. The number of benzene rings is 2. The predicted octanol–water partition coefficient (Wildman–Crippen LogP) is 4.63. The number of amides is 1. The van der Waals surface area contributed by atoms with Crippen molar-refractivity contribution in [3.05, 3.63) is 71.3 Å². The van der Waals surface area contributed by atoms with Crippen molar-refractivity contribution in [2.75, 3.05) is 0 Å². The van der Waals surface area contributed by atoms with E-state index in [1.165, 1.54) is 30.6 Å². The van der Waals surface area contributed by atoms with Gasteiger partial charge in [0.05, 0.1) is 23.1 Å². The quantitative estimate of drug-likeness (QED) is 0.407. The van der Waals surface area contributed by atoms with E-state index in [4.69, 9.17) is 4.74 Å². The van der Waals surface area contributed by atoms with Crippen LogP contribution in [0.3, 0.4) is 0 Å². The number of imidazole rings is 1. The van der Waals surface area contributed by atoms with Crippen LogP contribution in [-0.2, 0) is 5.60 Å². The summed E-state index contributed by atoms with van der Waals surface area (Å²) >= 11 is 0. The van der Waals surface area contributed by atoms with E-state index in [0.29, 0.717) is 40.8 Å². The third-order valence-electron chi connectivity index (χ3n) is 7.19. The van der Waals surface area contributed by atoms with Crippen LogP contribution in [0.25, 0.3) is 22.2 Å². The van der Waals surface area contributed by atoms with Gasteiger partial charge in [0.2, 0.25) is 0 Å². The number of fused-ring (bicyclic) bond motifs is 9. The number of rotatable bonds is 5. The van der Waals surface area contributed by atoms with Gasteiger partial charge in [-0.1, -0.05) is 13.0 Å². The number of nitrogens with one attached hydrogen (secondary N) is 1. The fourth-order valence-electron chi connectivity index (χ4n) is 5.16. The highest BCUT2D eigenvalue weighted by molar-refractivity contribution is 5.98. The molecule has 4 aromatic rings. The van der Waals surface area contributed by atoms with Gasteiger partial charge in [-0.25, -0.2) is 19.3 Å². The van der Waals surface area contributed by atoms with Crippen molar-refractivity contribution < 1.29 is 27.8 Å². The average molecular weight is 509 g/mol. The molecular formula is C26H22F3N5O3. The van der Waals surface area contributed by atoms with E-state index in [-0.39, 0.29) is 22.7 Å². The summed E-state index contributed by atoms with van der Waals surface area (Å²) in [6.45, 7) is 0.348. The lowest BCUT2D eigenvalue weighted by molar-refractivity contribution is -0.0507. The average Bonchev–Trinajstić information content (AvgIpc) is 3.34. The number of halogens is 3. The smallest absolute Gasteiger partial charge is 0.387 e. The molecule has 2 aliphatic heterocycles. The molecule has 11 heteroatoms. The first-order valence-electron chi connectivity index (χ1n) is 11.8. The number of aromatic nitrogens is 4. The second-order valence-corrected chi connectivity index (χ2v) is 9.46. The Labute approximate surface area is 209 Å². The molecule has 2 bridgehead atoms. The van der Waals surface area contributed by atoms with Gasteiger partial charge in [0.1, 0.15) is 23.0 Å². The van der Waals surface area contributed by atoms with Gasteiger partial charge in [0.25, 0.3) is 5.91 Å². The van der Waals surface area contributed by atoms with Crippen LogP contribution in [0.5, 0.6) is 5.75 Å². The molecule has 6 rings (SSSR count). The maximum absolute atomic E-state index is 15.2. The zero-order chi connectivity index (χ0) is 26.1. The highest BCUT2D eigenvalue weighted by atomic mass is 19.3. The van der Waals surface area contributed by atoms with Crippen molar-refractivity contribution in [2.24, 2.45) is 0 Å². The lowest BCUT2D eigenvalue weighted by Gasteiger charge is -2.21. The van der Waals surface area contributed by atoms with Crippen LogP contribution < -0.4 is 10.1 Å². The normalized spacial score (nSPS) is 19.8. The SMILES string of the molecule is CC[C@](C)(O)c1ncc(-c2cc3c(cc2F)nc2n3[C@@H]3C[C@H]2NC(=O)c2cccc(OC(F)F)c23)cn1. The van der Waals surface area contributed by atoms with Gasteiger partial charge in [-0.3, -0.25) is 4.79 Å². The van der Waals surface area contributed by atoms with Crippen LogP contribution in [0, 0.1) is 5.82 Å². The zero-order valence-electron chi connectivity index (χ0n) is 19.9. The van der Waals surface area contributed by atoms with Gasteiger partial charge in [0.15, 0.2) is 5.82 Å². The molecule has 8 nitrogen and oxygen atoms in total. The Bertz CT molecular complexity index is 1550. The van der Waals surface area contributed by atoms with Gasteiger partial charge < -0.3 is 19.7 Å². The molecular weight excluding hydrogens is 487 g/mol. The number of hydrogen-bond donors (Lipinski definition) is 2. The van der Waals surface area contributed by atoms with Crippen LogP contribution in [0.1, 0.15) is 66.3 Å². The molecule has 0 saturated heterocycles. The molecule has 2 N–H and O–H groups in total. The maximum atomic E-state index is 15.2. The summed E-state index contributed by atoms with van der Waals surface area (Å²) in [6, 6.07) is 6.36. The Morgan fingerprint density at radius 2 is 2.00 bits per heavy atom. The number of alkyl halides is 2. The topological polar surface area (TPSA) is 102 Å². The van der Waals surface area contributed by atoms with E-state index in [9.17, 15) is 18.7 Å². The summed E-state index contributed by atoms with van der Waals surface area (Å²) in [5.41, 5.74) is 0.922. The molecule has 0 saturated carbocycles. The van der Waals surface area contributed by atoms with Crippen molar-refractivity contribution >= 4 is 16.9 Å². The second kappa shape index (κ2) is 8.27. The third-order valence-corrected chi connectivity index (χ3v) is 7.19. The number of hydrogen-bond acceptors (Lipinski definition) is 6. The Hall–Kier alpha value is -3.99. The molecule has 0 spiro atoms. The summed E-state index contributed by atoms with van der Waals surface area (Å²) < 4.78 is 48.3. The number of ether oxygens (including phenoxy) is 1. The largest absolute Gasteiger partial charge is 0.434 e. The predicted molar refractivity (Wildman–Crippen MR) is 127 cm³/mol. The molecule has 190 valence electrons. The van der Waals surface area contributed by atoms with Crippen LogP contribution >= 0.6 is 0 Å². The summed E-state index contributed by atoms with van der Waals surface area (Å²) in [7, 11) is 0. The molecule has 0 fully saturated rings. The van der Waals surface area contributed by atoms with Crippen LogP contribution in [-0.4, -0.2) is 37.1 Å². The van der Waals surface area contributed by atoms with E-state index in [1.54, 1.807) is 19.1 Å². The van der Waals surface area contributed by atoms with Crippen LogP contribution in [0.15, 0.2) is 42.7 Å². The molecule has 3 atom stereocenters. The number of aliphatic hydroxyl groups is 1. The lowest BCUT2D eigenvalue weighted by atomic mass is 9.97. The molecule has 37 heavy (non-hydrogen) atoms. The van der Waals surface area contributed by atoms with Crippen molar-refractivity contribution in [2.45, 2.75) is 51.0 Å². The van der Waals surface area contributed by atoms with Gasteiger partial charge in [-0.15, -0.1) is 0 Å². The monoisotopic (exact) mass is 509 g/mol. The van der Waals surface area contributed by atoms with Crippen LogP contribution in [0.2, 0.25) is 0 Å². The first kappa shape index (κ1) is 23.4. The van der Waals surface area contributed by atoms with E-state index >= 15 is 4.39 Å². The standard InChI is InChI=1S/C26H22F3N5O3/c1-3-26(2,36)24-30-10-12(11-31-24)14-7-18-16(8-15(14)27)32-22-17-9-19(34(18)22)21-13(23(35)33-17)5-4-6-20(21)37-25(28)29/h4-8,10-11,17,19,25,36H,3,9H2,1-2H3,(H,33,35)/t17-,19-,26+/m1/s1. The van der Waals surface area contributed by atoms with Gasteiger partial charge in [-0.05, 0) is 38.0 Å². The zero-order valence-corrected chi connectivity index (χ0v) is 19.9. The number of carbonyl (C=O) groups excluding carboxylic acids is 1. The molecule has 2 aliphatic rings. The number of carbonyl (C=O) groups is 1. The molecule has 0 aliphatic carbocycles. The highest BCUT2D eigenvalue weighted by Gasteiger charge is 2.42. The van der Waals surface area contributed by atoms with Gasteiger partial charge in [-0.2, -0.15) is 8.78 Å². The minimum Gasteiger partial charge on any atom is -0.434 e. The van der Waals surface area contributed by atoms with Gasteiger partial charge in [0, 0.05) is 40.7 Å². The minimum atomic E-state index is -3.06. The van der Waals surface area contributed by atoms with Crippen molar-refractivity contribution in [3.8, 4) is 16.9 Å². The van der Waals surface area contributed by atoms with E-state index < -0.39 is 36.0 Å². The van der Waals surface area contributed by atoms with Crippen molar-refractivity contribution in [1.29, 1.82) is 0 Å². The second-order valence-electron chi connectivity index (χ2n) is 9.46. The van der Waals surface area contributed by atoms with Gasteiger partial charge >= 0.3 is 6.61 Å². The highest BCUT2D eigenvalue weighted by Crippen LogP contribution is 2.48. The first-order chi connectivity index (χ1) is 17.7. The Morgan fingerprint density at radius 3 is 2.70 bits per heavy atom. The van der Waals surface area contributed by atoms with E-state index in [2.05, 4.69) is 20.3 Å². The Morgan fingerprint density at radius 1 is 1.24 bits per heavy atom. The van der Waals surface area contributed by atoms with Crippen molar-refractivity contribution in [1.82, 2.24) is 24.8 Å². The fraction of sp³-hybridized carbons (Fsp3) is 0.308. The summed E-state index contributed by atoms with van der Waals surface area (Å²) in [6.07, 6.45) is 3.70. The molecule has 2 aromatic carbocycles. The molecule has 4 heterocycles. The molecule has 2 aromatic heterocycles. The fourth-order valence-corrected chi connectivity index (χ4v) is 5.16. The third kappa shape index (κ3) is 3.64. The molecule has 1 amide bonds. The van der Waals surface area contributed by atoms with E-state index in [0.717, 1.165) is 0 Å². The first-order valence-corrected chi connectivity index (χ1v) is 11.8. The summed E-state index contributed by atoms with van der Waals surface area (Å²) in [4.78, 5) is 25.9. The van der Waals surface area contributed by atoms with Crippen LogP contribution in [0.4, 0.5) is 13.2 Å². The molecule has 0 radical (unpaired) electrons. The number of nitrogens with zero attached hydrogens (tertiary/aromatic N) is 4. The maximum Gasteiger partial charge on any atom is 0.387 e. The van der Waals surface area contributed by atoms with E-state index in [1.807, 2.05) is 11.5 Å². The molecule has 0 unspecified atom stereocenters. The summed E-state index contributed by atoms with van der Waals surface area (Å²) in [5.74, 6) is -0.302. The van der Waals surface area contributed by atoms with Crippen molar-refractivity contribution in [3.63, 3.8) is 0 Å². The summed E-state index contributed by atoms with van der Waals surface area (Å²) in [5, 5.41) is 13.3.